The Labute approximate surface area is 137 Å². The molecule has 124 valence electrons. The smallest absolute Gasteiger partial charge is 0.151 e. The molecule has 0 bridgehead atoms. The number of aryl methyl sites for hydroxylation is 1. The van der Waals surface area contributed by atoms with Crippen molar-refractivity contribution in [2.45, 2.75) is 32.9 Å². The molecule has 1 aliphatic heterocycles. The summed E-state index contributed by atoms with van der Waals surface area (Å²) in [5.74, 6) is 0.606. The highest BCUT2D eigenvalue weighted by Gasteiger charge is 2.31. The average molecular weight is 334 g/mol. The topological polar surface area (TPSA) is 68.1 Å². The Morgan fingerprint density at radius 2 is 2.22 bits per heavy atom. The van der Waals surface area contributed by atoms with Crippen molar-refractivity contribution in [2.24, 2.45) is 0 Å². The van der Waals surface area contributed by atoms with Gasteiger partial charge in [-0.25, -0.2) is 18.1 Å². The molecule has 0 aliphatic carbocycles. The predicted molar refractivity (Wildman–Crippen MR) is 89.2 cm³/mol. The Kier molecular flexibility index (Phi) is 4.50. The van der Waals surface area contributed by atoms with Gasteiger partial charge < -0.3 is 0 Å². The summed E-state index contributed by atoms with van der Waals surface area (Å²) < 4.78 is 25.2. The Morgan fingerprint density at radius 3 is 2.78 bits per heavy atom. The van der Waals surface area contributed by atoms with Crippen LogP contribution in [-0.4, -0.2) is 52.2 Å². The Balaban J connectivity index is 1.75. The van der Waals surface area contributed by atoms with Crippen LogP contribution in [-0.2, 0) is 16.4 Å². The molecule has 1 aromatic heterocycles. The van der Waals surface area contributed by atoms with Crippen molar-refractivity contribution in [3.8, 4) is 5.69 Å². The maximum atomic E-state index is 11.7. The lowest BCUT2D eigenvalue weighted by atomic mass is 10.1. The maximum absolute atomic E-state index is 11.7. The molecule has 0 unspecified atom stereocenters. The largest absolute Gasteiger partial charge is 0.295 e. The van der Waals surface area contributed by atoms with Crippen LogP contribution in [0.4, 0.5) is 0 Å². The highest BCUT2D eigenvalue weighted by atomic mass is 32.2. The van der Waals surface area contributed by atoms with Gasteiger partial charge in [-0.1, -0.05) is 19.1 Å². The van der Waals surface area contributed by atoms with Crippen LogP contribution in [0.25, 0.3) is 5.69 Å². The average Bonchev–Trinajstić information content (AvgIpc) is 3.14. The van der Waals surface area contributed by atoms with Crippen LogP contribution in [0.5, 0.6) is 0 Å². The van der Waals surface area contributed by atoms with Gasteiger partial charge in [0.2, 0.25) is 0 Å². The van der Waals surface area contributed by atoms with E-state index in [4.69, 9.17) is 0 Å². The van der Waals surface area contributed by atoms with Crippen LogP contribution in [0.3, 0.4) is 0 Å². The molecule has 1 saturated heterocycles. The van der Waals surface area contributed by atoms with E-state index in [2.05, 4.69) is 41.0 Å². The first-order valence-corrected chi connectivity index (χ1v) is 9.69. The van der Waals surface area contributed by atoms with E-state index in [-0.39, 0.29) is 11.8 Å². The summed E-state index contributed by atoms with van der Waals surface area (Å²) in [6.07, 6.45) is 3.95. The molecule has 23 heavy (non-hydrogen) atoms. The minimum atomic E-state index is -2.85. The Bertz CT molecular complexity index is 771. The molecule has 0 saturated carbocycles. The summed E-state index contributed by atoms with van der Waals surface area (Å²) >= 11 is 0. The third kappa shape index (κ3) is 3.61. The van der Waals surface area contributed by atoms with E-state index in [1.165, 1.54) is 11.9 Å². The van der Waals surface area contributed by atoms with Gasteiger partial charge >= 0.3 is 0 Å². The Morgan fingerprint density at radius 1 is 1.39 bits per heavy atom. The second-order valence-electron chi connectivity index (χ2n) is 6.08. The van der Waals surface area contributed by atoms with Gasteiger partial charge in [0.15, 0.2) is 9.84 Å². The van der Waals surface area contributed by atoms with Crippen molar-refractivity contribution in [3.05, 3.63) is 42.0 Å². The number of nitrogens with zero attached hydrogens (tertiary/aromatic N) is 4. The molecule has 1 atom stereocenters. The van der Waals surface area contributed by atoms with Gasteiger partial charge in [-0.05, 0) is 37.1 Å². The van der Waals surface area contributed by atoms with Gasteiger partial charge in [-0.3, -0.25) is 4.90 Å². The van der Waals surface area contributed by atoms with E-state index >= 15 is 0 Å². The second kappa shape index (κ2) is 6.41. The van der Waals surface area contributed by atoms with Crippen LogP contribution >= 0.6 is 0 Å². The van der Waals surface area contributed by atoms with E-state index in [0.29, 0.717) is 5.75 Å². The Hall–Kier alpha value is -1.73. The fraction of sp³-hybridized carbons (Fsp3) is 0.500. The summed E-state index contributed by atoms with van der Waals surface area (Å²) in [6.45, 7) is 5.76. The molecular formula is C16H22N4O2S. The molecule has 2 aromatic rings. The molecule has 3 rings (SSSR count). The van der Waals surface area contributed by atoms with Gasteiger partial charge in [0, 0.05) is 12.6 Å². The lowest BCUT2D eigenvalue weighted by Gasteiger charge is -2.26. The summed E-state index contributed by atoms with van der Waals surface area (Å²) in [6, 6.07) is 6.40. The number of sulfone groups is 1. The number of rotatable bonds is 5. The highest BCUT2D eigenvalue weighted by molar-refractivity contribution is 7.91. The van der Waals surface area contributed by atoms with Gasteiger partial charge in [-0.2, -0.15) is 5.10 Å². The first-order valence-electron chi connectivity index (χ1n) is 7.87. The molecule has 2 heterocycles. The first-order chi connectivity index (χ1) is 11.0. The number of benzene rings is 1. The fourth-order valence-corrected chi connectivity index (χ4v) is 4.96. The lowest BCUT2D eigenvalue weighted by molar-refractivity contribution is 0.215. The number of hydrogen-bond acceptors (Lipinski definition) is 5. The molecule has 0 spiro atoms. The molecule has 1 fully saturated rings. The summed E-state index contributed by atoms with van der Waals surface area (Å²) in [5, 5.41) is 4.16. The number of hydrogen-bond donors (Lipinski definition) is 0. The summed E-state index contributed by atoms with van der Waals surface area (Å²) in [5.41, 5.74) is 3.33. The minimum Gasteiger partial charge on any atom is -0.295 e. The van der Waals surface area contributed by atoms with Crippen LogP contribution < -0.4 is 0 Å². The number of aromatic nitrogens is 3. The molecule has 1 aromatic carbocycles. The maximum Gasteiger partial charge on any atom is 0.151 e. The zero-order valence-electron chi connectivity index (χ0n) is 13.5. The third-order valence-corrected chi connectivity index (χ3v) is 6.19. The van der Waals surface area contributed by atoms with Crippen molar-refractivity contribution < 1.29 is 8.42 Å². The third-order valence-electron chi connectivity index (χ3n) is 4.44. The summed E-state index contributed by atoms with van der Waals surface area (Å²) in [4.78, 5) is 6.23. The van der Waals surface area contributed by atoms with E-state index in [9.17, 15) is 8.42 Å². The van der Waals surface area contributed by atoms with Crippen molar-refractivity contribution in [1.29, 1.82) is 0 Å². The molecule has 7 heteroatoms. The SMILES string of the molecule is CCN(Cc1ccc(-n2cncn2)c(C)c1)[C@H]1CCS(=O)(=O)C1. The van der Waals surface area contributed by atoms with Gasteiger partial charge in [-0.15, -0.1) is 0 Å². The van der Waals surface area contributed by atoms with Crippen LogP contribution in [0.1, 0.15) is 24.5 Å². The normalized spacial score (nSPS) is 20.2. The molecule has 0 N–H and O–H groups in total. The summed E-state index contributed by atoms with van der Waals surface area (Å²) in [7, 11) is -2.85. The zero-order valence-corrected chi connectivity index (χ0v) is 14.3. The predicted octanol–water partition coefficient (Wildman–Crippen LogP) is 1.58. The zero-order chi connectivity index (χ0) is 16.4. The lowest BCUT2D eigenvalue weighted by Crippen LogP contribution is -2.35. The first kappa shape index (κ1) is 16.1. The van der Waals surface area contributed by atoms with Gasteiger partial charge in [0.25, 0.3) is 0 Å². The quantitative estimate of drug-likeness (QED) is 0.830. The molecule has 0 amide bonds. The van der Waals surface area contributed by atoms with Crippen LogP contribution in [0.2, 0.25) is 0 Å². The fourth-order valence-electron chi connectivity index (χ4n) is 3.20. The highest BCUT2D eigenvalue weighted by Crippen LogP contribution is 2.21. The van der Waals surface area contributed by atoms with Crippen molar-refractivity contribution in [3.63, 3.8) is 0 Å². The standard InChI is InChI=1S/C16H22N4O2S/c1-3-19(15-6-7-23(21,22)10-15)9-14-4-5-16(13(2)8-14)20-12-17-11-18-20/h4-5,8,11-12,15H,3,6-7,9-10H2,1-2H3/t15-/m0/s1. The molecule has 1 aliphatic rings. The van der Waals surface area contributed by atoms with Crippen molar-refractivity contribution >= 4 is 9.84 Å². The van der Waals surface area contributed by atoms with E-state index in [1.807, 2.05) is 6.07 Å². The van der Waals surface area contributed by atoms with E-state index in [1.54, 1.807) is 11.0 Å². The van der Waals surface area contributed by atoms with Crippen molar-refractivity contribution in [2.75, 3.05) is 18.1 Å². The molecule has 0 radical (unpaired) electrons. The second-order valence-corrected chi connectivity index (χ2v) is 8.31. The van der Waals surface area contributed by atoms with Crippen molar-refractivity contribution in [1.82, 2.24) is 19.7 Å². The monoisotopic (exact) mass is 334 g/mol. The van der Waals surface area contributed by atoms with E-state index < -0.39 is 9.84 Å². The minimum absolute atomic E-state index is 0.139. The molecular weight excluding hydrogens is 312 g/mol. The van der Waals surface area contributed by atoms with Gasteiger partial charge in [0.05, 0.1) is 17.2 Å². The van der Waals surface area contributed by atoms with E-state index in [0.717, 1.165) is 30.8 Å². The van der Waals surface area contributed by atoms with Gasteiger partial charge in [0.1, 0.15) is 12.7 Å². The molecule has 6 nitrogen and oxygen atoms in total. The van der Waals surface area contributed by atoms with Crippen LogP contribution in [0.15, 0.2) is 30.9 Å². The van der Waals surface area contributed by atoms with Crippen LogP contribution in [0, 0.1) is 6.92 Å².